The average Bonchev–Trinajstić information content (AvgIpc) is 2.79. The van der Waals surface area contributed by atoms with Gasteiger partial charge >= 0.3 is 0 Å². The molecule has 1 saturated heterocycles. The molecule has 0 amide bonds. The number of ether oxygens (including phenoxy) is 1. The van der Waals surface area contributed by atoms with Gasteiger partial charge in [0.25, 0.3) is 0 Å². The zero-order valence-electron chi connectivity index (χ0n) is 13.8. The van der Waals surface area contributed by atoms with Gasteiger partial charge in [-0.25, -0.2) is 0 Å². The number of hydrogen-bond acceptors (Lipinski definition) is 2. The fraction of sp³-hybridized carbons (Fsp3) is 0.850. The first-order valence-electron chi connectivity index (χ1n) is 9.50. The molecule has 0 N–H and O–H groups in total. The van der Waals surface area contributed by atoms with Crippen molar-refractivity contribution in [3.8, 4) is 0 Å². The van der Waals surface area contributed by atoms with Crippen molar-refractivity contribution in [2.75, 3.05) is 6.61 Å². The van der Waals surface area contributed by atoms with Gasteiger partial charge in [0.15, 0.2) is 5.78 Å². The van der Waals surface area contributed by atoms with E-state index in [2.05, 4.69) is 6.92 Å². The summed E-state index contributed by atoms with van der Waals surface area (Å²) in [6, 6.07) is 0. The van der Waals surface area contributed by atoms with Crippen molar-refractivity contribution in [3.63, 3.8) is 0 Å². The van der Waals surface area contributed by atoms with E-state index in [0.29, 0.717) is 11.2 Å². The number of rotatable bonds is 0. The van der Waals surface area contributed by atoms with Crippen molar-refractivity contribution in [1.82, 2.24) is 0 Å². The number of ketones is 1. The molecule has 0 radical (unpaired) electrons. The third-order valence-corrected chi connectivity index (χ3v) is 8.47. The second kappa shape index (κ2) is 4.47. The second-order valence-corrected chi connectivity index (χ2v) is 8.89. The van der Waals surface area contributed by atoms with Crippen molar-refractivity contribution in [2.45, 2.75) is 70.3 Å². The van der Waals surface area contributed by atoms with Gasteiger partial charge < -0.3 is 4.74 Å². The van der Waals surface area contributed by atoms with E-state index in [4.69, 9.17) is 4.74 Å². The van der Waals surface area contributed by atoms with Crippen LogP contribution in [0.5, 0.6) is 0 Å². The first-order valence-corrected chi connectivity index (χ1v) is 9.50. The zero-order chi connectivity index (χ0) is 14.9. The molecule has 3 saturated carbocycles. The van der Waals surface area contributed by atoms with Crippen LogP contribution in [-0.2, 0) is 9.53 Å². The van der Waals surface area contributed by atoms with Gasteiger partial charge in [0, 0.05) is 12.8 Å². The first kappa shape index (κ1) is 13.8. The molecule has 5 aliphatic rings. The highest BCUT2D eigenvalue weighted by Crippen LogP contribution is 2.68. The van der Waals surface area contributed by atoms with Crippen LogP contribution >= 0.6 is 0 Å². The van der Waals surface area contributed by atoms with Crippen molar-refractivity contribution >= 4 is 5.78 Å². The summed E-state index contributed by atoms with van der Waals surface area (Å²) in [5.41, 5.74) is 2.20. The largest absolute Gasteiger partial charge is 0.374 e. The smallest absolute Gasteiger partial charge is 0.155 e. The van der Waals surface area contributed by atoms with Crippen LogP contribution in [0.4, 0.5) is 0 Å². The Kier molecular flexibility index (Phi) is 2.80. The van der Waals surface area contributed by atoms with E-state index in [1.165, 1.54) is 50.5 Å². The lowest BCUT2D eigenvalue weighted by Crippen LogP contribution is -2.58. The Bertz CT molecular complexity index is 544. The van der Waals surface area contributed by atoms with Gasteiger partial charge in [-0.2, -0.15) is 0 Å². The van der Waals surface area contributed by atoms with Crippen LogP contribution in [0.25, 0.3) is 0 Å². The van der Waals surface area contributed by atoms with Crippen LogP contribution in [-0.4, -0.2) is 18.0 Å². The molecule has 1 spiro atoms. The molecule has 0 aromatic heterocycles. The van der Waals surface area contributed by atoms with Crippen molar-refractivity contribution < 1.29 is 9.53 Å². The second-order valence-electron chi connectivity index (χ2n) is 8.89. The summed E-state index contributed by atoms with van der Waals surface area (Å²) in [4.78, 5) is 11.8. The molecule has 4 fully saturated rings. The molecular formula is C20H28O2. The predicted octanol–water partition coefficient (Wildman–Crippen LogP) is 4.29. The summed E-state index contributed by atoms with van der Waals surface area (Å²) in [6.45, 7) is 3.55. The first-order chi connectivity index (χ1) is 10.6. The molecule has 6 unspecified atom stereocenters. The van der Waals surface area contributed by atoms with Gasteiger partial charge in [-0.1, -0.05) is 12.5 Å². The molecule has 22 heavy (non-hydrogen) atoms. The van der Waals surface area contributed by atoms with E-state index in [1.807, 2.05) is 6.08 Å². The highest BCUT2D eigenvalue weighted by Gasteiger charge is 2.65. The van der Waals surface area contributed by atoms with Gasteiger partial charge in [0.1, 0.15) is 0 Å². The van der Waals surface area contributed by atoms with E-state index in [1.54, 1.807) is 0 Å². The molecule has 120 valence electrons. The molecule has 0 aromatic carbocycles. The molecule has 4 aliphatic carbocycles. The van der Waals surface area contributed by atoms with Crippen molar-refractivity contribution in [3.05, 3.63) is 11.6 Å². The third kappa shape index (κ3) is 1.58. The summed E-state index contributed by atoms with van der Waals surface area (Å²) >= 11 is 0. The van der Waals surface area contributed by atoms with Crippen LogP contribution in [0.1, 0.15) is 64.7 Å². The van der Waals surface area contributed by atoms with Crippen LogP contribution in [0.2, 0.25) is 0 Å². The van der Waals surface area contributed by atoms with E-state index in [0.717, 1.165) is 43.1 Å². The van der Waals surface area contributed by atoms with E-state index in [9.17, 15) is 4.79 Å². The number of fused-ring (bicyclic) bond motifs is 6. The standard InChI is InChI=1S/C20H28O2/c1-19-8-6-16-15-5-3-14(21)12-13(15)2-4-17(16)18(19)7-9-20(19)10-11-22-20/h12,15-18H,2-11H2,1H3. The van der Waals surface area contributed by atoms with Crippen molar-refractivity contribution in [2.24, 2.45) is 29.1 Å². The third-order valence-electron chi connectivity index (χ3n) is 8.47. The number of hydrogen-bond donors (Lipinski definition) is 0. The topological polar surface area (TPSA) is 26.3 Å². The molecule has 2 nitrogen and oxygen atoms in total. The van der Waals surface area contributed by atoms with E-state index in [-0.39, 0.29) is 5.60 Å². The van der Waals surface area contributed by atoms with Gasteiger partial charge in [-0.05, 0) is 80.1 Å². The summed E-state index contributed by atoms with van der Waals surface area (Å²) in [7, 11) is 0. The monoisotopic (exact) mass is 300 g/mol. The molecule has 0 aromatic rings. The Morgan fingerprint density at radius 3 is 2.68 bits per heavy atom. The minimum absolute atomic E-state index is 0.251. The Labute approximate surface area is 133 Å². The number of carbonyl (C=O) groups excluding carboxylic acids is 1. The molecule has 5 rings (SSSR count). The minimum atomic E-state index is 0.251. The van der Waals surface area contributed by atoms with Crippen molar-refractivity contribution in [1.29, 1.82) is 0 Å². The fourth-order valence-corrected chi connectivity index (χ4v) is 7.27. The minimum Gasteiger partial charge on any atom is -0.374 e. The van der Waals surface area contributed by atoms with E-state index >= 15 is 0 Å². The highest BCUT2D eigenvalue weighted by molar-refractivity contribution is 5.91. The van der Waals surface area contributed by atoms with Gasteiger partial charge in [-0.15, -0.1) is 0 Å². The molecule has 1 aliphatic heterocycles. The van der Waals surface area contributed by atoms with Crippen LogP contribution < -0.4 is 0 Å². The normalized spacial score (nSPS) is 53.3. The maximum Gasteiger partial charge on any atom is 0.155 e. The molecule has 0 bridgehead atoms. The molecule has 2 heteroatoms. The van der Waals surface area contributed by atoms with Crippen LogP contribution in [0.15, 0.2) is 11.6 Å². The summed E-state index contributed by atoms with van der Waals surface area (Å²) in [6.07, 6.45) is 13.2. The maximum atomic E-state index is 11.8. The Balaban J connectivity index is 1.46. The highest BCUT2D eigenvalue weighted by atomic mass is 16.5. The molecule has 6 atom stereocenters. The fourth-order valence-electron chi connectivity index (χ4n) is 7.27. The van der Waals surface area contributed by atoms with E-state index < -0.39 is 0 Å². The number of allylic oxidation sites excluding steroid dienone is 1. The Morgan fingerprint density at radius 2 is 1.91 bits per heavy atom. The maximum absolute atomic E-state index is 11.8. The lowest BCUT2D eigenvalue weighted by Gasteiger charge is -2.59. The Morgan fingerprint density at radius 1 is 1.05 bits per heavy atom. The summed E-state index contributed by atoms with van der Waals surface area (Å²) in [5, 5.41) is 0. The quantitative estimate of drug-likeness (QED) is 0.667. The van der Waals surface area contributed by atoms with Gasteiger partial charge in [0.05, 0.1) is 12.2 Å². The average molecular weight is 300 g/mol. The number of carbonyl (C=O) groups is 1. The molecule has 1 heterocycles. The Hall–Kier alpha value is -0.630. The summed E-state index contributed by atoms with van der Waals surface area (Å²) < 4.78 is 6.20. The summed E-state index contributed by atoms with van der Waals surface area (Å²) in [5.74, 6) is 3.76. The van der Waals surface area contributed by atoms with Gasteiger partial charge in [0.2, 0.25) is 0 Å². The lowest BCUT2D eigenvalue weighted by atomic mass is 9.50. The zero-order valence-corrected chi connectivity index (χ0v) is 13.8. The predicted molar refractivity (Wildman–Crippen MR) is 85.4 cm³/mol. The lowest BCUT2D eigenvalue weighted by molar-refractivity contribution is -0.224. The van der Waals surface area contributed by atoms with Gasteiger partial charge in [-0.3, -0.25) is 4.79 Å². The molecular weight excluding hydrogens is 272 g/mol. The van der Waals surface area contributed by atoms with Crippen LogP contribution in [0.3, 0.4) is 0 Å². The van der Waals surface area contributed by atoms with Crippen LogP contribution in [0, 0.1) is 29.1 Å². The SMILES string of the molecule is CC12CCC3C4CCC(=O)C=C4CCC3C1CCC21CCO1.